The quantitative estimate of drug-likeness (QED) is 0.595. The molecule has 0 N–H and O–H groups in total. The van der Waals surface area contributed by atoms with Crippen molar-refractivity contribution in [2.24, 2.45) is 7.05 Å². The van der Waals surface area contributed by atoms with Gasteiger partial charge in [0.05, 0.1) is 17.8 Å². The number of aromatic nitrogens is 3. The molecule has 3 aromatic rings. The number of pyridine rings is 1. The zero-order valence-electron chi connectivity index (χ0n) is 18.1. The lowest BCUT2D eigenvalue weighted by Crippen LogP contribution is -2.48. The lowest BCUT2D eigenvalue weighted by Gasteiger charge is -2.36. The molecule has 11 heteroatoms. The number of anilines is 1. The van der Waals surface area contributed by atoms with Crippen LogP contribution in [0.2, 0.25) is 0 Å². The molecule has 0 unspecified atom stereocenters. The Morgan fingerprint density at radius 2 is 1.67 bits per heavy atom. The Morgan fingerprint density at radius 1 is 1.03 bits per heavy atom. The van der Waals surface area contributed by atoms with E-state index < -0.39 is 23.0 Å². The number of fused-ring (bicyclic) bond motifs is 1. The third-order valence-electron chi connectivity index (χ3n) is 5.89. The molecular weight excluding hydrogens is 439 g/mol. The van der Waals surface area contributed by atoms with Crippen LogP contribution in [0.25, 0.3) is 11.0 Å². The van der Waals surface area contributed by atoms with Crippen LogP contribution in [0.4, 0.5) is 18.9 Å². The fourth-order valence-corrected chi connectivity index (χ4v) is 4.04. The van der Waals surface area contributed by atoms with Gasteiger partial charge in [0.15, 0.2) is 5.65 Å². The minimum Gasteiger partial charge on any atom is -0.367 e. The minimum atomic E-state index is -4.47. The topological polar surface area (TPSA) is 80.4 Å². The standard InChI is InChI=1S/C22H22F3N5O3/c1-14(31)28-9-11-29(12-10-28)17-7-8-26-19-18(17)20(32)30(21(33)27(19)2)13-15-3-5-16(6-4-15)22(23,24)25/h3-8H,9-13H2,1-2H3. The van der Waals surface area contributed by atoms with Crippen LogP contribution < -0.4 is 16.1 Å². The number of nitrogens with zero attached hydrogens (tertiary/aromatic N) is 5. The number of aryl methyl sites for hydroxylation is 1. The first-order valence-electron chi connectivity index (χ1n) is 10.3. The Labute approximate surface area is 186 Å². The van der Waals surface area contributed by atoms with Gasteiger partial charge in [-0.2, -0.15) is 13.2 Å². The monoisotopic (exact) mass is 461 g/mol. The van der Waals surface area contributed by atoms with Gasteiger partial charge in [0.25, 0.3) is 5.56 Å². The van der Waals surface area contributed by atoms with Crippen LogP contribution in [-0.4, -0.2) is 51.1 Å². The van der Waals surface area contributed by atoms with Crippen molar-refractivity contribution in [2.45, 2.75) is 19.6 Å². The molecule has 174 valence electrons. The Morgan fingerprint density at radius 3 is 2.24 bits per heavy atom. The van der Waals surface area contributed by atoms with Gasteiger partial charge in [-0.15, -0.1) is 0 Å². The Balaban J connectivity index is 1.76. The van der Waals surface area contributed by atoms with Gasteiger partial charge in [-0.3, -0.25) is 18.7 Å². The molecule has 0 saturated carbocycles. The molecule has 1 aromatic carbocycles. The van der Waals surface area contributed by atoms with Crippen LogP contribution >= 0.6 is 0 Å². The minimum absolute atomic E-state index is 0.0180. The van der Waals surface area contributed by atoms with Crippen LogP contribution in [-0.2, 0) is 24.6 Å². The average Bonchev–Trinajstić information content (AvgIpc) is 2.79. The summed E-state index contributed by atoms with van der Waals surface area (Å²) in [7, 11) is 1.50. The maximum atomic E-state index is 13.4. The van der Waals surface area contributed by atoms with E-state index in [4.69, 9.17) is 0 Å². The van der Waals surface area contributed by atoms with Crippen molar-refractivity contribution in [3.63, 3.8) is 0 Å². The first-order chi connectivity index (χ1) is 15.6. The van der Waals surface area contributed by atoms with E-state index in [0.717, 1.165) is 16.7 Å². The lowest BCUT2D eigenvalue weighted by molar-refractivity contribution is -0.137. The van der Waals surface area contributed by atoms with Crippen molar-refractivity contribution in [1.29, 1.82) is 0 Å². The summed E-state index contributed by atoms with van der Waals surface area (Å²) in [4.78, 5) is 45.8. The number of benzene rings is 1. The summed E-state index contributed by atoms with van der Waals surface area (Å²) >= 11 is 0. The summed E-state index contributed by atoms with van der Waals surface area (Å²) in [5, 5.41) is 0.253. The molecule has 1 aliphatic heterocycles. The zero-order valence-corrected chi connectivity index (χ0v) is 18.1. The highest BCUT2D eigenvalue weighted by Crippen LogP contribution is 2.29. The molecule has 0 radical (unpaired) electrons. The molecule has 0 atom stereocenters. The van der Waals surface area contributed by atoms with Gasteiger partial charge >= 0.3 is 11.9 Å². The molecular formula is C22H22F3N5O3. The van der Waals surface area contributed by atoms with Crippen molar-refractivity contribution in [1.82, 2.24) is 19.0 Å². The number of carbonyl (C=O) groups excluding carboxylic acids is 1. The highest BCUT2D eigenvalue weighted by molar-refractivity contribution is 5.89. The van der Waals surface area contributed by atoms with Crippen molar-refractivity contribution < 1.29 is 18.0 Å². The van der Waals surface area contributed by atoms with Crippen molar-refractivity contribution in [2.75, 3.05) is 31.1 Å². The maximum Gasteiger partial charge on any atom is 0.416 e. The molecule has 1 fully saturated rings. The van der Waals surface area contributed by atoms with E-state index in [0.29, 0.717) is 37.4 Å². The first-order valence-corrected chi connectivity index (χ1v) is 10.3. The molecule has 0 aliphatic carbocycles. The van der Waals surface area contributed by atoms with E-state index in [1.54, 1.807) is 11.0 Å². The molecule has 8 nitrogen and oxygen atoms in total. The maximum absolute atomic E-state index is 13.4. The van der Waals surface area contributed by atoms with Gasteiger partial charge < -0.3 is 9.80 Å². The number of hydrogen-bond acceptors (Lipinski definition) is 5. The predicted octanol–water partition coefficient (Wildman–Crippen LogP) is 1.83. The second kappa shape index (κ2) is 8.38. The van der Waals surface area contributed by atoms with Gasteiger partial charge in [-0.05, 0) is 23.8 Å². The van der Waals surface area contributed by atoms with E-state index in [-0.39, 0.29) is 23.5 Å². The van der Waals surface area contributed by atoms with E-state index >= 15 is 0 Å². The molecule has 0 spiro atoms. The summed E-state index contributed by atoms with van der Waals surface area (Å²) in [5.74, 6) is -0.0180. The third kappa shape index (κ3) is 4.22. The molecule has 4 rings (SSSR count). The lowest BCUT2D eigenvalue weighted by atomic mass is 10.1. The second-order valence-electron chi connectivity index (χ2n) is 7.95. The van der Waals surface area contributed by atoms with Crippen molar-refractivity contribution in [3.05, 3.63) is 68.5 Å². The molecule has 1 saturated heterocycles. The number of amides is 1. The highest BCUT2D eigenvalue weighted by atomic mass is 19.4. The van der Waals surface area contributed by atoms with Crippen LogP contribution in [0.15, 0.2) is 46.1 Å². The Kier molecular flexibility index (Phi) is 5.73. The van der Waals surface area contributed by atoms with E-state index in [1.165, 1.54) is 36.9 Å². The number of halogens is 3. The third-order valence-corrected chi connectivity index (χ3v) is 5.89. The van der Waals surface area contributed by atoms with Gasteiger partial charge in [0.2, 0.25) is 5.91 Å². The van der Waals surface area contributed by atoms with E-state index in [9.17, 15) is 27.6 Å². The molecule has 2 aromatic heterocycles. The Bertz CT molecular complexity index is 1320. The van der Waals surface area contributed by atoms with Gasteiger partial charge in [0, 0.05) is 46.3 Å². The zero-order chi connectivity index (χ0) is 23.9. The highest BCUT2D eigenvalue weighted by Gasteiger charge is 2.30. The summed E-state index contributed by atoms with van der Waals surface area (Å²) in [6, 6.07) is 6.05. The smallest absolute Gasteiger partial charge is 0.367 e. The number of rotatable bonds is 3. The fraction of sp³-hybridized carbons (Fsp3) is 0.364. The van der Waals surface area contributed by atoms with Crippen LogP contribution in [0, 0.1) is 0 Å². The van der Waals surface area contributed by atoms with Gasteiger partial charge in [0.1, 0.15) is 5.39 Å². The fourth-order valence-electron chi connectivity index (χ4n) is 4.04. The largest absolute Gasteiger partial charge is 0.416 e. The first kappa shape index (κ1) is 22.6. The van der Waals surface area contributed by atoms with Gasteiger partial charge in [-0.25, -0.2) is 9.78 Å². The normalized spacial score (nSPS) is 14.7. The van der Waals surface area contributed by atoms with Crippen LogP contribution in [0.3, 0.4) is 0 Å². The molecule has 0 bridgehead atoms. The number of alkyl halides is 3. The van der Waals surface area contributed by atoms with E-state index in [1.807, 2.05) is 4.90 Å². The van der Waals surface area contributed by atoms with E-state index in [2.05, 4.69) is 4.98 Å². The number of carbonyl (C=O) groups is 1. The summed E-state index contributed by atoms with van der Waals surface area (Å²) in [5.41, 5.74) is -0.767. The molecule has 1 amide bonds. The number of piperazine rings is 1. The predicted molar refractivity (Wildman–Crippen MR) is 116 cm³/mol. The average molecular weight is 461 g/mol. The molecule has 3 heterocycles. The molecule has 1 aliphatic rings. The SMILES string of the molecule is CC(=O)N1CCN(c2ccnc3c2c(=O)n(Cc2ccc(C(F)(F)F)cc2)c(=O)n3C)CC1. The summed E-state index contributed by atoms with van der Waals surface area (Å²) < 4.78 is 40.8. The van der Waals surface area contributed by atoms with Crippen molar-refractivity contribution in [3.8, 4) is 0 Å². The number of hydrogen-bond donors (Lipinski definition) is 0. The van der Waals surface area contributed by atoms with Gasteiger partial charge in [-0.1, -0.05) is 12.1 Å². The molecule has 33 heavy (non-hydrogen) atoms. The van der Waals surface area contributed by atoms with Crippen LogP contribution in [0.5, 0.6) is 0 Å². The second-order valence-corrected chi connectivity index (χ2v) is 7.95. The van der Waals surface area contributed by atoms with Crippen LogP contribution in [0.1, 0.15) is 18.1 Å². The summed E-state index contributed by atoms with van der Waals surface area (Å²) in [6.45, 7) is 3.37. The Hall–Kier alpha value is -3.63. The van der Waals surface area contributed by atoms with Crippen molar-refractivity contribution >= 4 is 22.6 Å². The summed E-state index contributed by atoms with van der Waals surface area (Å²) in [6.07, 6.45) is -2.95.